The highest BCUT2D eigenvalue weighted by Gasteiger charge is 2.48. The molecule has 0 bridgehead atoms. The molecule has 0 aliphatic carbocycles. The Kier molecular flexibility index (Phi) is 3.25. The molecule has 0 spiro atoms. The number of aliphatic hydroxyl groups is 1. The molecule has 1 N–H and O–H groups in total. The van der Waals surface area contributed by atoms with E-state index in [9.17, 15) is 13.5 Å². The van der Waals surface area contributed by atoms with Crippen LogP contribution in [0.3, 0.4) is 0 Å². The zero-order valence-corrected chi connectivity index (χ0v) is 11.6. The fourth-order valence-corrected chi connectivity index (χ4v) is 3.70. The molecule has 1 heterocycles. The van der Waals surface area contributed by atoms with Crippen LogP contribution < -0.4 is 0 Å². The molecule has 2 rings (SSSR count). The van der Waals surface area contributed by atoms with Crippen molar-refractivity contribution in [1.29, 1.82) is 0 Å². The molecule has 0 aromatic heterocycles. The second kappa shape index (κ2) is 4.33. The highest BCUT2D eigenvalue weighted by Crippen LogP contribution is 2.36. The lowest BCUT2D eigenvalue weighted by atomic mass is 9.90. The topological polar surface area (TPSA) is 63.6 Å². The minimum absolute atomic E-state index is 0.190. The van der Waals surface area contributed by atoms with E-state index in [1.807, 2.05) is 6.92 Å². The van der Waals surface area contributed by atoms with Crippen LogP contribution in [0.25, 0.3) is 0 Å². The molecule has 1 aromatic rings. The minimum Gasteiger partial charge on any atom is -0.389 e. The van der Waals surface area contributed by atoms with Crippen molar-refractivity contribution in [3.63, 3.8) is 0 Å². The molecule has 1 aromatic carbocycles. The van der Waals surface area contributed by atoms with Gasteiger partial charge in [0.1, 0.15) is 6.10 Å². The Morgan fingerprint density at radius 2 is 1.83 bits per heavy atom. The first-order valence-electron chi connectivity index (χ1n) is 5.85. The number of rotatable bonds is 2. The fraction of sp³-hybridized carbons (Fsp3) is 0.538. The van der Waals surface area contributed by atoms with Crippen LogP contribution in [0, 0.1) is 12.3 Å². The van der Waals surface area contributed by atoms with Gasteiger partial charge in [0.25, 0.3) is 0 Å². The molecule has 0 amide bonds. The molecule has 18 heavy (non-hydrogen) atoms. The molecule has 0 unspecified atom stereocenters. The van der Waals surface area contributed by atoms with Crippen molar-refractivity contribution in [3.8, 4) is 0 Å². The second-order valence-corrected chi connectivity index (χ2v) is 7.50. The molecule has 0 saturated carbocycles. The maximum atomic E-state index is 12.4. The molecular weight excluding hydrogens is 252 g/mol. The summed E-state index contributed by atoms with van der Waals surface area (Å²) in [4.78, 5) is 0.190. The largest absolute Gasteiger partial charge is 0.389 e. The summed E-state index contributed by atoms with van der Waals surface area (Å²) < 4.78 is 30.0. The Bertz CT molecular complexity index is 531. The standard InChI is InChI=1S/C13H18O4S/c1-9-4-6-10(7-5-9)18(15,16)12-11(14)13(2,3)8-17-12/h4-7,11-12,14H,8H2,1-3H3/t11-,12-/m1/s1. The van der Waals surface area contributed by atoms with Crippen LogP contribution in [0.1, 0.15) is 19.4 Å². The number of aliphatic hydroxyl groups excluding tert-OH is 1. The minimum atomic E-state index is -3.65. The average Bonchev–Trinajstić information content (AvgIpc) is 2.55. The van der Waals surface area contributed by atoms with E-state index >= 15 is 0 Å². The molecule has 100 valence electrons. The van der Waals surface area contributed by atoms with Crippen LogP contribution in [0.4, 0.5) is 0 Å². The van der Waals surface area contributed by atoms with E-state index in [1.54, 1.807) is 38.1 Å². The summed E-state index contributed by atoms with van der Waals surface area (Å²) >= 11 is 0. The molecule has 0 radical (unpaired) electrons. The van der Waals surface area contributed by atoms with Gasteiger partial charge in [-0.15, -0.1) is 0 Å². The lowest BCUT2D eigenvalue weighted by molar-refractivity contribution is 0.0741. The maximum absolute atomic E-state index is 12.4. The van der Waals surface area contributed by atoms with Crippen LogP contribution in [0.5, 0.6) is 0 Å². The van der Waals surface area contributed by atoms with E-state index < -0.39 is 26.8 Å². The quantitative estimate of drug-likeness (QED) is 0.885. The number of aryl methyl sites for hydroxylation is 1. The van der Waals surface area contributed by atoms with Gasteiger partial charge in [-0.1, -0.05) is 31.5 Å². The molecular formula is C13H18O4S. The molecule has 5 heteroatoms. The van der Waals surface area contributed by atoms with Gasteiger partial charge >= 0.3 is 0 Å². The van der Waals surface area contributed by atoms with E-state index in [-0.39, 0.29) is 11.5 Å². The third kappa shape index (κ3) is 2.18. The Hall–Kier alpha value is -0.910. The van der Waals surface area contributed by atoms with Crippen molar-refractivity contribution in [2.45, 2.75) is 37.2 Å². The highest BCUT2D eigenvalue weighted by atomic mass is 32.2. The van der Waals surface area contributed by atoms with Crippen molar-refractivity contribution in [2.75, 3.05) is 6.61 Å². The summed E-state index contributed by atoms with van der Waals surface area (Å²) in [7, 11) is -3.65. The van der Waals surface area contributed by atoms with Crippen LogP contribution in [0.15, 0.2) is 29.2 Å². The first-order chi connectivity index (χ1) is 8.25. The van der Waals surface area contributed by atoms with Gasteiger partial charge in [-0.3, -0.25) is 0 Å². The first-order valence-corrected chi connectivity index (χ1v) is 7.40. The van der Waals surface area contributed by atoms with Gasteiger partial charge in [0.15, 0.2) is 5.44 Å². The monoisotopic (exact) mass is 270 g/mol. The fourth-order valence-electron chi connectivity index (χ4n) is 1.96. The van der Waals surface area contributed by atoms with Crippen LogP contribution >= 0.6 is 0 Å². The van der Waals surface area contributed by atoms with Gasteiger partial charge in [-0.25, -0.2) is 8.42 Å². The van der Waals surface area contributed by atoms with Gasteiger partial charge < -0.3 is 9.84 Å². The summed E-state index contributed by atoms with van der Waals surface area (Å²) in [6.07, 6.45) is -1.01. The molecule has 4 nitrogen and oxygen atoms in total. The normalized spacial score (nSPS) is 27.3. The van der Waals surface area contributed by atoms with Crippen LogP contribution in [-0.4, -0.2) is 31.7 Å². The summed E-state index contributed by atoms with van der Waals surface area (Å²) in [6, 6.07) is 6.57. The Morgan fingerprint density at radius 3 is 2.28 bits per heavy atom. The summed E-state index contributed by atoms with van der Waals surface area (Å²) in [5.41, 5.74) is -0.722. The smallest absolute Gasteiger partial charge is 0.207 e. The molecule has 1 aliphatic heterocycles. The first kappa shape index (κ1) is 13.5. The molecule has 1 saturated heterocycles. The van der Waals surface area contributed by atoms with Crippen molar-refractivity contribution in [1.82, 2.24) is 0 Å². The number of sulfone groups is 1. The van der Waals surface area contributed by atoms with E-state index in [0.717, 1.165) is 5.56 Å². The van der Waals surface area contributed by atoms with E-state index in [0.29, 0.717) is 0 Å². The van der Waals surface area contributed by atoms with E-state index in [4.69, 9.17) is 4.74 Å². The molecule has 1 fully saturated rings. The SMILES string of the molecule is Cc1ccc(S(=O)(=O)[C@H]2OCC(C)(C)[C@@H]2O)cc1. The van der Waals surface area contributed by atoms with Gasteiger partial charge in [-0.05, 0) is 19.1 Å². The van der Waals surface area contributed by atoms with Gasteiger partial charge in [0.05, 0.1) is 11.5 Å². The predicted molar refractivity (Wildman–Crippen MR) is 67.9 cm³/mol. The lowest BCUT2D eigenvalue weighted by Crippen LogP contribution is -2.37. The Morgan fingerprint density at radius 1 is 1.28 bits per heavy atom. The summed E-state index contributed by atoms with van der Waals surface area (Å²) in [6.45, 7) is 5.72. The van der Waals surface area contributed by atoms with Crippen molar-refractivity contribution < 1.29 is 18.3 Å². The van der Waals surface area contributed by atoms with Crippen molar-refractivity contribution >= 4 is 9.84 Å². The summed E-state index contributed by atoms with van der Waals surface area (Å²) in [5.74, 6) is 0. The summed E-state index contributed by atoms with van der Waals surface area (Å²) in [5, 5.41) is 10.1. The molecule has 2 atom stereocenters. The number of benzene rings is 1. The zero-order valence-electron chi connectivity index (χ0n) is 10.8. The van der Waals surface area contributed by atoms with Crippen LogP contribution in [-0.2, 0) is 14.6 Å². The molecule has 1 aliphatic rings. The predicted octanol–water partition coefficient (Wildman–Crippen LogP) is 1.51. The lowest BCUT2D eigenvalue weighted by Gasteiger charge is -2.22. The number of ether oxygens (including phenoxy) is 1. The van der Waals surface area contributed by atoms with Gasteiger partial charge in [-0.2, -0.15) is 0 Å². The van der Waals surface area contributed by atoms with E-state index in [1.165, 1.54) is 0 Å². The third-order valence-corrected chi connectivity index (χ3v) is 5.27. The maximum Gasteiger partial charge on any atom is 0.207 e. The zero-order chi connectivity index (χ0) is 13.6. The van der Waals surface area contributed by atoms with Gasteiger partial charge in [0.2, 0.25) is 9.84 Å². The number of hydrogen-bond donors (Lipinski definition) is 1. The average molecular weight is 270 g/mol. The van der Waals surface area contributed by atoms with E-state index in [2.05, 4.69) is 0 Å². The Balaban J connectivity index is 2.36. The number of hydrogen-bond acceptors (Lipinski definition) is 4. The van der Waals surface area contributed by atoms with Gasteiger partial charge in [0, 0.05) is 5.41 Å². The third-order valence-electron chi connectivity index (χ3n) is 3.33. The van der Waals surface area contributed by atoms with Crippen molar-refractivity contribution in [3.05, 3.63) is 29.8 Å². The highest BCUT2D eigenvalue weighted by molar-refractivity contribution is 7.92. The van der Waals surface area contributed by atoms with Crippen LogP contribution in [0.2, 0.25) is 0 Å². The van der Waals surface area contributed by atoms with Crippen molar-refractivity contribution in [2.24, 2.45) is 5.41 Å². The Labute approximate surface area is 108 Å². The second-order valence-electron chi connectivity index (χ2n) is 5.47.